The average Bonchev–Trinajstić information content (AvgIpc) is 2.39. The van der Waals surface area contributed by atoms with E-state index in [1.54, 1.807) is 25.3 Å². The van der Waals surface area contributed by atoms with E-state index in [1.807, 2.05) is 0 Å². The molecule has 0 spiro atoms. The number of hydrogen-bond donors (Lipinski definition) is 3. The van der Waals surface area contributed by atoms with Gasteiger partial charge in [0.05, 0.1) is 12.8 Å². The lowest BCUT2D eigenvalue weighted by Gasteiger charge is -2.30. The molecule has 1 aromatic rings. The van der Waals surface area contributed by atoms with E-state index in [4.69, 9.17) is 9.94 Å². The van der Waals surface area contributed by atoms with Crippen LogP contribution in [0.15, 0.2) is 18.2 Å². The van der Waals surface area contributed by atoms with Crippen molar-refractivity contribution in [1.82, 2.24) is 5.32 Å². The van der Waals surface area contributed by atoms with Gasteiger partial charge < -0.3 is 20.2 Å². The molecule has 1 saturated heterocycles. The molecule has 17 heavy (non-hydrogen) atoms. The van der Waals surface area contributed by atoms with Crippen molar-refractivity contribution in [2.24, 2.45) is 0 Å². The van der Waals surface area contributed by atoms with Crippen LogP contribution >= 0.6 is 0 Å². The fourth-order valence-corrected chi connectivity index (χ4v) is 1.98. The van der Waals surface area contributed by atoms with E-state index in [1.165, 1.54) is 0 Å². The monoisotopic (exact) mass is 239 g/mol. The lowest BCUT2D eigenvalue weighted by Crippen LogP contribution is -2.99. The fraction of sp³-hybridized carbons (Fsp3) is 0.455. The minimum Gasteiger partial charge on any atom is -0.595 e. The van der Waals surface area contributed by atoms with Crippen LogP contribution in [0.5, 0.6) is 5.75 Å². The lowest BCUT2D eigenvalue weighted by atomic mass is 10.2. The third kappa shape index (κ3) is 2.67. The summed E-state index contributed by atoms with van der Waals surface area (Å²) in [5, 5.41) is 22.3. The van der Waals surface area contributed by atoms with E-state index in [0.717, 1.165) is 37.6 Å². The molecule has 1 heterocycles. The summed E-state index contributed by atoms with van der Waals surface area (Å²) in [5.41, 5.74) is 1.15. The Labute approximate surface area is 99.9 Å². The summed E-state index contributed by atoms with van der Waals surface area (Å²) in [6.07, 6.45) is 0. The highest BCUT2D eigenvalue weighted by Crippen LogP contribution is 2.30. The minimum absolute atomic E-state index is 0.291. The highest BCUT2D eigenvalue weighted by Gasteiger charge is 2.16. The van der Waals surface area contributed by atoms with Crippen LogP contribution in [0.1, 0.15) is 0 Å². The van der Waals surface area contributed by atoms with Crippen LogP contribution in [-0.2, 0) is 0 Å². The number of quaternary nitrogens is 1. The quantitative estimate of drug-likeness (QED) is 0.621. The number of hydrogen-bond acceptors (Lipinski definition) is 5. The molecule has 0 saturated carbocycles. The summed E-state index contributed by atoms with van der Waals surface area (Å²) in [6, 6.07) is 4.94. The van der Waals surface area contributed by atoms with Crippen molar-refractivity contribution in [2.45, 2.75) is 0 Å². The highest BCUT2D eigenvalue weighted by molar-refractivity contribution is 5.63. The van der Waals surface area contributed by atoms with Gasteiger partial charge in [-0.25, -0.2) is 5.21 Å². The Morgan fingerprint density at radius 2 is 2.12 bits per heavy atom. The van der Waals surface area contributed by atoms with Gasteiger partial charge in [0.2, 0.25) is 0 Å². The maximum absolute atomic E-state index is 11.0. The van der Waals surface area contributed by atoms with Gasteiger partial charge in [0.1, 0.15) is 5.75 Å². The standard InChI is InChI=1S/C11H17N3O3/c1-17-11-3-2-9(14(15)16)8-10(11)13-6-4-12-5-7-13/h2-3,8,12,14-15H,4-7H2,1H3. The molecule has 1 aromatic carbocycles. The summed E-state index contributed by atoms with van der Waals surface area (Å²) in [4.78, 5) is 2.14. The highest BCUT2D eigenvalue weighted by atomic mass is 16.8. The van der Waals surface area contributed by atoms with Crippen LogP contribution in [0.2, 0.25) is 0 Å². The summed E-state index contributed by atoms with van der Waals surface area (Å²) < 4.78 is 5.28. The average molecular weight is 239 g/mol. The third-order valence-electron chi connectivity index (χ3n) is 2.88. The van der Waals surface area contributed by atoms with E-state index in [9.17, 15) is 5.21 Å². The largest absolute Gasteiger partial charge is 0.595 e. The Hall–Kier alpha value is -1.34. The first-order valence-corrected chi connectivity index (χ1v) is 5.59. The van der Waals surface area contributed by atoms with Gasteiger partial charge in [-0.2, -0.15) is 5.23 Å². The van der Waals surface area contributed by atoms with Gasteiger partial charge >= 0.3 is 0 Å². The molecule has 0 radical (unpaired) electrons. The van der Waals surface area contributed by atoms with E-state index in [0.29, 0.717) is 5.69 Å². The van der Waals surface area contributed by atoms with Gasteiger partial charge in [0, 0.05) is 38.3 Å². The van der Waals surface area contributed by atoms with Crippen LogP contribution < -0.4 is 20.2 Å². The van der Waals surface area contributed by atoms with E-state index < -0.39 is 5.23 Å². The number of piperazine rings is 1. The zero-order valence-electron chi connectivity index (χ0n) is 9.77. The van der Waals surface area contributed by atoms with Gasteiger partial charge in [-0.15, -0.1) is 0 Å². The Morgan fingerprint density at radius 1 is 1.41 bits per heavy atom. The SMILES string of the molecule is COc1ccc([NH+]([O-])O)cc1N1CCNCC1. The molecule has 6 nitrogen and oxygen atoms in total. The summed E-state index contributed by atoms with van der Waals surface area (Å²) >= 11 is 0. The number of nitrogens with one attached hydrogen (secondary N) is 2. The predicted molar refractivity (Wildman–Crippen MR) is 63.9 cm³/mol. The fourth-order valence-electron chi connectivity index (χ4n) is 1.98. The van der Waals surface area contributed by atoms with Gasteiger partial charge in [0.25, 0.3) is 0 Å². The Kier molecular flexibility index (Phi) is 3.80. The molecule has 0 amide bonds. The van der Waals surface area contributed by atoms with Gasteiger partial charge in [-0.3, -0.25) is 0 Å². The Balaban J connectivity index is 2.30. The van der Waals surface area contributed by atoms with Gasteiger partial charge in [0.15, 0.2) is 5.69 Å². The van der Waals surface area contributed by atoms with E-state index in [-0.39, 0.29) is 0 Å². The second-order valence-electron chi connectivity index (χ2n) is 3.93. The molecule has 1 atom stereocenters. The molecule has 1 aliphatic rings. The van der Waals surface area contributed by atoms with Crippen LogP contribution in [0.4, 0.5) is 11.4 Å². The first-order valence-electron chi connectivity index (χ1n) is 5.59. The van der Waals surface area contributed by atoms with Crippen molar-refractivity contribution in [3.05, 3.63) is 23.4 Å². The van der Waals surface area contributed by atoms with Crippen molar-refractivity contribution in [3.63, 3.8) is 0 Å². The molecule has 0 aliphatic carbocycles. The zero-order valence-corrected chi connectivity index (χ0v) is 9.77. The first-order chi connectivity index (χ1) is 8.22. The van der Waals surface area contributed by atoms with Crippen molar-refractivity contribution in [3.8, 4) is 5.75 Å². The topological polar surface area (TPSA) is 72.2 Å². The summed E-state index contributed by atoms with van der Waals surface area (Å²) in [5.74, 6) is 0.719. The lowest BCUT2D eigenvalue weighted by molar-refractivity contribution is -0.991. The molecule has 1 fully saturated rings. The first kappa shape index (κ1) is 12.1. The van der Waals surface area contributed by atoms with Crippen molar-refractivity contribution in [2.75, 3.05) is 38.2 Å². The summed E-state index contributed by atoms with van der Waals surface area (Å²) in [6.45, 7) is 3.53. The molecule has 1 aliphatic heterocycles. The van der Waals surface area contributed by atoms with E-state index in [2.05, 4.69) is 10.2 Å². The van der Waals surface area contributed by atoms with Crippen molar-refractivity contribution in [1.29, 1.82) is 0 Å². The maximum Gasteiger partial charge on any atom is 0.166 e. The normalized spacial score (nSPS) is 17.9. The van der Waals surface area contributed by atoms with Crippen LogP contribution in [-0.4, -0.2) is 38.5 Å². The molecule has 6 heteroatoms. The van der Waals surface area contributed by atoms with E-state index >= 15 is 0 Å². The number of rotatable bonds is 3. The van der Waals surface area contributed by atoms with Crippen molar-refractivity contribution < 1.29 is 15.2 Å². The third-order valence-corrected chi connectivity index (χ3v) is 2.88. The number of nitrogens with zero attached hydrogens (tertiary/aromatic N) is 1. The van der Waals surface area contributed by atoms with Crippen LogP contribution in [0, 0.1) is 5.21 Å². The molecule has 0 aromatic heterocycles. The number of ether oxygens (including phenoxy) is 1. The number of benzene rings is 1. The Morgan fingerprint density at radius 3 is 2.71 bits per heavy atom. The smallest absolute Gasteiger partial charge is 0.166 e. The number of methoxy groups -OCH3 is 1. The zero-order chi connectivity index (χ0) is 12.3. The molecule has 2 rings (SSSR count). The Bertz CT molecular complexity index is 378. The molecular formula is C11H17N3O3. The second kappa shape index (κ2) is 5.33. The molecule has 94 valence electrons. The predicted octanol–water partition coefficient (Wildman–Crippen LogP) is -0.492. The molecule has 3 N–H and O–H groups in total. The van der Waals surface area contributed by atoms with Gasteiger partial charge in [-0.1, -0.05) is 0 Å². The molecule has 0 bridgehead atoms. The molecule has 1 unspecified atom stereocenters. The van der Waals surface area contributed by atoms with Gasteiger partial charge in [-0.05, 0) is 6.07 Å². The minimum atomic E-state index is -0.913. The summed E-state index contributed by atoms with van der Waals surface area (Å²) in [7, 11) is 1.60. The molecular weight excluding hydrogens is 222 g/mol. The van der Waals surface area contributed by atoms with Crippen LogP contribution in [0.3, 0.4) is 0 Å². The second-order valence-corrected chi connectivity index (χ2v) is 3.93. The van der Waals surface area contributed by atoms with Crippen molar-refractivity contribution >= 4 is 11.4 Å². The van der Waals surface area contributed by atoms with Crippen LogP contribution in [0.25, 0.3) is 0 Å². The maximum atomic E-state index is 11.0. The number of anilines is 1.